The number of allylic oxidation sites excluding steroid dienone is 1. The Balaban J connectivity index is 2.62. The van der Waals surface area contributed by atoms with E-state index < -0.39 is 0 Å². The molecule has 0 saturated heterocycles. The normalized spacial score (nSPS) is 12.5. The monoisotopic (exact) mass is 248 g/mol. The second kappa shape index (κ2) is 4.92. The van der Waals surface area contributed by atoms with Gasteiger partial charge < -0.3 is 10.5 Å². The molecule has 0 bridgehead atoms. The van der Waals surface area contributed by atoms with Crippen LogP contribution in [0.5, 0.6) is 5.88 Å². The third kappa shape index (κ3) is 2.12. The Bertz CT molecular complexity index is 588. The first-order valence-corrected chi connectivity index (χ1v) is 5.82. The van der Waals surface area contributed by atoms with Crippen molar-refractivity contribution in [3.63, 3.8) is 0 Å². The van der Waals surface area contributed by atoms with Gasteiger partial charge >= 0.3 is 0 Å². The van der Waals surface area contributed by atoms with Crippen molar-refractivity contribution in [1.82, 2.24) is 9.97 Å². The number of hydrogen-bond donors (Lipinski definition) is 1. The molecule has 2 N–H and O–H groups in total. The minimum atomic E-state index is 0.511. The van der Waals surface area contributed by atoms with Crippen LogP contribution in [0.2, 0.25) is 0 Å². The molecule has 0 unspecified atom stereocenters. The van der Waals surface area contributed by atoms with Crippen molar-refractivity contribution in [2.24, 2.45) is 10.7 Å². The van der Waals surface area contributed by atoms with Crippen LogP contribution in [-0.4, -0.2) is 29.8 Å². The molecule has 0 aliphatic carbocycles. The van der Waals surface area contributed by atoms with Gasteiger partial charge in [-0.05, 0) is 23.7 Å². The van der Waals surface area contributed by atoms with E-state index in [4.69, 9.17) is 10.5 Å². The molecule has 88 valence electrons. The number of thiophene rings is 1. The summed E-state index contributed by atoms with van der Waals surface area (Å²) in [5, 5.41) is 1.95. The van der Waals surface area contributed by atoms with Gasteiger partial charge in [0.1, 0.15) is 10.4 Å². The lowest BCUT2D eigenvalue weighted by Gasteiger charge is -2.04. The van der Waals surface area contributed by atoms with Crippen molar-refractivity contribution >= 4 is 27.3 Å². The van der Waals surface area contributed by atoms with Crippen molar-refractivity contribution in [1.29, 1.82) is 0 Å². The number of fused-ring (bicyclic) bond motifs is 1. The first-order chi connectivity index (χ1) is 8.30. The highest BCUT2D eigenvalue weighted by Gasteiger charge is 2.11. The first-order valence-electron chi connectivity index (χ1n) is 4.94. The number of aliphatic imine (C=N–C) groups is 1. The molecule has 0 aliphatic rings. The molecule has 6 heteroatoms. The highest BCUT2D eigenvalue weighted by molar-refractivity contribution is 7.17. The van der Waals surface area contributed by atoms with Gasteiger partial charge in [-0.3, -0.25) is 4.99 Å². The topological polar surface area (TPSA) is 73.4 Å². The number of methoxy groups -OCH3 is 1. The fourth-order valence-corrected chi connectivity index (χ4v) is 2.23. The molecule has 0 saturated carbocycles. The standard InChI is InChI=1S/C11H12N4OS/c1-13-8(3-5-12)10-14-7-4-6-17-9(7)11(15-10)16-2/h3-6H,12H2,1-2H3/b5-3-,13-8?. The summed E-state index contributed by atoms with van der Waals surface area (Å²) in [5.74, 6) is 1.07. The quantitative estimate of drug-likeness (QED) is 0.837. The lowest BCUT2D eigenvalue weighted by atomic mass is 10.3. The van der Waals surface area contributed by atoms with E-state index in [0.717, 1.165) is 10.2 Å². The summed E-state index contributed by atoms with van der Waals surface area (Å²) in [6.07, 6.45) is 3.07. The van der Waals surface area contributed by atoms with E-state index in [1.54, 1.807) is 31.6 Å². The van der Waals surface area contributed by atoms with E-state index >= 15 is 0 Å². The lowest BCUT2D eigenvalue weighted by Crippen LogP contribution is -2.06. The van der Waals surface area contributed by atoms with Gasteiger partial charge in [0, 0.05) is 7.05 Å². The van der Waals surface area contributed by atoms with Crippen molar-refractivity contribution in [3.8, 4) is 5.88 Å². The second-order valence-corrected chi connectivity index (χ2v) is 4.08. The zero-order chi connectivity index (χ0) is 12.3. The number of nitrogens with two attached hydrogens (primary N) is 1. The van der Waals surface area contributed by atoms with Gasteiger partial charge in [-0.15, -0.1) is 11.3 Å². The Labute approximate surface area is 103 Å². The van der Waals surface area contributed by atoms with Gasteiger partial charge in [-0.1, -0.05) is 0 Å². The van der Waals surface area contributed by atoms with Gasteiger partial charge in [-0.2, -0.15) is 4.98 Å². The highest BCUT2D eigenvalue weighted by atomic mass is 32.1. The third-order valence-electron chi connectivity index (χ3n) is 2.19. The van der Waals surface area contributed by atoms with Gasteiger partial charge in [0.05, 0.1) is 12.6 Å². The van der Waals surface area contributed by atoms with E-state index in [-0.39, 0.29) is 0 Å². The van der Waals surface area contributed by atoms with Crippen molar-refractivity contribution in [2.75, 3.05) is 14.2 Å². The van der Waals surface area contributed by atoms with Crippen LogP contribution in [0.1, 0.15) is 5.82 Å². The Morgan fingerprint density at radius 3 is 3.00 bits per heavy atom. The van der Waals surface area contributed by atoms with Crippen LogP contribution >= 0.6 is 11.3 Å². The molecule has 2 aromatic heterocycles. The van der Waals surface area contributed by atoms with Crippen LogP contribution < -0.4 is 10.5 Å². The number of ether oxygens (including phenoxy) is 1. The van der Waals surface area contributed by atoms with E-state index in [0.29, 0.717) is 17.4 Å². The largest absolute Gasteiger partial charge is 0.480 e. The van der Waals surface area contributed by atoms with Crippen LogP contribution in [0.15, 0.2) is 28.7 Å². The lowest BCUT2D eigenvalue weighted by molar-refractivity contribution is 0.403. The molecule has 0 aliphatic heterocycles. The van der Waals surface area contributed by atoms with Crippen LogP contribution in [-0.2, 0) is 0 Å². The molecule has 17 heavy (non-hydrogen) atoms. The zero-order valence-corrected chi connectivity index (χ0v) is 10.4. The first kappa shape index (κ1) is 11.5. The Morgan fingerprint density at radius 2 is 2.35 bits per heavy atom. The van der Waals surface area contributed by atoms with E-state index in [1.807, 2.05) is 11.4 Å². The molecular formula is C11H12N4OS. The van der Waals surface area contributed by atoms with Gasteiger partial charge in [0.15, 0.2) is 5.82 Å². The maximum atomic E-state index is 5.36. The van der Waals surface area contributed by atoms with Gasteiger partial charge in [-0.25, -0.2) is 4.98 Å². The van der Waals surface area contributed by atoms with Crippen LogP contribution in [0, 0.1) is 0 Å². The molecule has 0 amide bonds. The number of nitrogens with zero attached hydrogens (tertiary/aromatic N) is 3. The zero-order valence-electron chi connectivity index (χ0n) is 9.54. The summed E-state index contributed by atoms with van der Waals surface area (Å²) in [5.41, 5.74) is 6.83. The predicted molar refractivity (Wildman–Crippen MR) is 69.8 cm³/mol. The molecule has 2 rings (SSSR count). The van der Waals surface area contributed by atoms with Crippen molar-refractivity contribution in [3.05, 3.63) is 29.5 Å². The minimum absolute atomic E-state index is 0.511. The SMILES string of the molecule is CN=C(/C=C\N)c1nc(OC)c2sccc2n1. The van der Waals surface area contributed by atoms with Gasteiger partial charge in [0.25, 0.3) is 0 Å². The maximum absolute atomic E-state index is 5.36. The highest BCUT2D eigenvalue weighted by Crippen LogP contribution is 2.27. The summed E-state index contributed by atoms with van der Waals surface area (Å²) in [6.45, 7) is 0. The van der Waals surface area contributed by atoms with Gasteiger partial charge in [0.2, 0.25) is 5.88 Å². The summed E-state index contributed by atoms with van der Waals surface area (Å²) in [7, 11) is 3.26. The maximum Gasteiger partial charge on any atom is 0.235 e. The van der Waals surface area contributed by atoms with Crippen LogP contribution in [0.25, 0.3) is 10.2 Å². The molecule has 5 nitrogen and oxygen atoms in total. The minimum Gasteiger partial charge on any atom is -0.480 e. The van der Waals surface area contributed by atoms with E-state index in [2.05, 4.69) is 15.0 Å². The number of aromatic nitrogens is 2. The molecule has 0 radical (unpaired) electrons. The fraction of sp³-hybridized carbons (Fsp3) is 0.182. The van der Waals surface area contributed by atoms with E-state index in [1.165, 1.54) is 6.20 Å². The van der Waals surface area contributed by atoms with Crippen LogP contribution in [0.4, 0.5) is 0 Å². The van der Waals surface area contributed by atoms with Crippen molar-refractivity contribution < 1.29 is 4.74 Å². The summed E-state index contributed by atoms with van der Waals surface area (Å²) in [6, 6.07) is 1.92. The molecule has 0 atom stereocenters. The number of rotatable bonds is 3. The Morgan fingerprint density at radius 1 is 1.53 bits per heavy atom. The average molecular weight is 248 g/mol. The smallest absolute Gasteiger partial charge is 0.235 e. The summed E-state index contributed by atoms with van der Waals surface area (Å²) < 4.78 is 6.18. The Hall–Kier alpha value is -1.95. The predicted octanol–water partition coefficient (Wildman–Crippen LogP) is 1.59. The second-order valence-electron chi connectivity index (χ2n) is 3.16. The molecule has 2 aromatic rings. The van der Waals surface area contributed by atoms with E-state index in [9.17, 15) is 0 Å². The van der Waals surface area contributed by atoms with Crippen molar-refractivity contribution in [2.45, 2.75) is 0 Å². The average Bonchev–Trinajstić information content (AvgIpc) is 2.82. The molecule has 2 heterocycles. The molecular weight excluding hydrogens is 236 g/mol. The molecule has 0 fully saturated rings. The molecule has 0 aromatic carbocycles. The number of hydrogen-bond acceptors (Lipinski definition) is 6. The Kier molecular flexibility index (Phi) is 3.34. The molecule has 0 spiro atoms. The summed E-state index contributed by atoms with van der Waals surface area (Å²) in [4.78, 5) is 12.8. The third-order valence-corrected chi connectivity index (χ3v) is 3.08. The van der Waals surface area contributed by atoms with Crippen LogP contribution in [0.3, 0.4) is 0 Å². The summed E-state index contributed by atoms with van der Waals surface area (Å²) >= 11 is 1.55. The fourth-order valence-electron chi connectivity index (χ4n) is 1.43.